The lowest BCUT2D eigenvalue weighted by molar-refractivity contribution is 0.575. The molecule has 2 heterocycles. The predicted octanol–water partition coefficient (Wildman–Crippen LogP) is 2.90. The van der Waals surface area contributed by atoms with Crippen molar-refractivity contribution in [3.63, 3.8) is 0 Å². The first kappa shape index (κ1) is 6.85. The van der Waals surface area contributed by atoms with Crippen LogP contribution in [-0.4, -0.2) is 4.98 Å². The van der Waals surface area contributed by atoms with Gasteiger partial charge in [-0.15, -0.1) is 0 Å². The number of hydrogen-bond donors (Lipinski definition) is 0. The zero-order valence-corrected chi connectivity index (χ0v) is 7.55. The van der Waals surface area contributed by atoms with Gasteiger partial charge >= 0.3 is 0 Å². The molecule has 0 bridgehead atoms. The van der Waals surface area contributed by atoms with Crippen LogP contribution in [0.1, 0.15) is 5.76 Å². The normalized spacial score (nSPS) is 10.7. The van der Waals surface area contributed by atoms with Gasteiger partial charge in [-0.1, -0.05) is 0 Å². The van der Waals surface area contributed by atoms with Crippen molar-refractivity contribution in [2.45, 2.75) is 6.92 Å². The molecule has 2 rings (SSSR count). The molecule has 0 aromatic carbocycles. The van der Waals surface area contributed by atoms with Crippen molar-refractivity contribution in [2.24, 2.45) is 0 Å². The van der Waals surface area contributed by atoms with Gasteiger partial charge < -0.3 is 4.42 Å². The molecule has 0 aliphatic heterocycles. The molecule has 3 heteroatoms. The number of aromatic nitrogens is 1. The smallest absolute Gasteiger partial charge is 0.166 e. The number of furan rings is 1. The molecule has 56 valence electrons. The third-order valence-electron chi connectivity index (χ3n) is 1.51. The van der Waals surface area contributed by atoms with Gasteiger partial charge in [-0.25, -0.2) is 4.98 Å². The van der Waals surface area contributed by atoms with E-state index in [2.05, 4.69) is 20.9 Å². The Morgan fingerprint density at radius 1 is 1.55 bits per heavy atom. The number of nitrogens with zero attached hydrogens (tertiary/aromatic N) is 1. The van der Waals surface area contributed by atoms with Crippen LogP contribution in [0.25, 0.3) is 11.0 Å². The van der Waals surface area contributed by atoms with Gasteiger partial charge in [0.05, 0.1) is 0 Å². The van der Waals surface area contributed by atoms with Crippen LogP contribution in [0.2, 0.25) is 0 Å². The van der Waals surface area contributed by atoms with Crippen LogP contribution in [0.5, 0.6) is 0 Å². The van der Waals surface area contributed by atoms with E-state index in [1.165, 1.54) is 0 Å². The number of pyridine rings is 1. The van der Waals surface area contributed by atoms with E-state index >= 15 is 0 Å². The summed E-state index contributed by atoms with van der Waals surface area (Å²) in [5.41, 5.74) is 0.824. The summed E-state index contributed by atoms with van der Waals surface area (Å²) in [5.74, 6) is 0.911. The number of fused-ring (bicyclic) bond motifs is 1. The SMILES string of the molecule is Cc1cc2ccnc(Br)c2o1. The summed E-state index contributed by atoms with van der Waals surface area (Å²) in [6, 6.07) is 3.92. The largest absolute Gasteiger partial charge is 0.459 e. The quantitative estimate of drug-likeness (QED) is 0.627. The van der Waals surface area contributed by atoms with Crippen molar-refractivity contribution >= 4 is 26.9 Å². The van der Waals surface area contributed by atoms with E-state index in [-0.39, 0.29) is 0 Å². The molecule has 0 aliphatic rings. The van der Waals surface area contributed by atoms with Gasteiger partial charge in [-0.05, 0) is 35.0 Å². The van der Waals surface area contributed by atoms with Crippen molar-refractivity contribution in [2.75, 3.05) is 0 Å². The Kier molecular flexibility index (Phi) is 1.46. The Morgan fingerprint density at radius 2 is 2.36 bits per heavy atom. The number of aryl methyl sites for hydroxylation is 1. The molecule has 0 unspecified atom stereocenters. The second-order valence-corrected chi connectivity index (χ2v) is 3.13. The zero-order chi connectivity index (χ0) is 7.84. The summed E-state index contributed by atoms with van der Waals surface area (Å²) in [6.45, 7) is 1.92. The van der Waals surface area contributed by atoms with E-state index < -0.39 is 0 Å². The van der Waals surface area contributed by atoms with Crippen LogP contribution in [0.3, 0.4) is 0 Å². The van der Waals surface area contributed by atoms with Crippen LogP contribution >= 0.6 is 15.9 Å². The second-order valence-electron chi connectivity index (χ2n) is 2.38. The average molecular weight is 212 g/mol. The van der Waals surface area contributed by atoms with Crippen molar-refractivity contribution in [3.05, 3.63) is 28.7 Å². The Hall–Kier alpha value is -0.830. The van der Waals surface area contributed by atoms with Gasteiger partial charge in [0.15, 0.2) is 5.58 Å². The van der Waals surface area contributed by atoms with Crippen LogP contribution in [0.15, 0.2) is 27.3 Å². The highest BCUT2D eigenvalue weighted by atomic mass is 79.9. The maximum atomic E-state index is 5.39. The molecule has 0 saturated heterocycles. The van der Waals surface area contributed by atoms with Gasteiger partial charge in [-0.2, -0.15) is 0 Å². The summed E-state index contributed by atoms with van der Waals surface area (Å²) in [7, 11) is 0. The Bertz CT molecular complexity index is 394. The summed E-state index contributed by atoms with van der Waals surface area (Å²) in [5, 5.41) is 1.09. The van der Waals surface area contributed by atoms with Gasteiger partial charge in [0.25, 0.3) is 0 Å². The van der Waals surface area contributed by atoms with Crippen molar-refractivity contribution < 1.29 is 4.42 Å². The lowest BCUT2D eigenvalue weighted by atomic mass is 10.3. The first-order chi connectivity index (χ1) is 5.27. The topological polar surface area (TPSA) is 26.0 Å². The highest BCUT2D eigenvalue weighted by Crippen LogP contribution is 2.24. The average Bonchev–Trinajstić information content (AvgIpc) is 2.31. The monoisotopic (exact) mass is 211 g/mol. The molecule has 0 atom stereocenters. The van der Waals surface area contributed by atoms with Gasteiger partial charge in [0.1, 0.15) is 10.4 Å². The van der Waals surface area contributed by atoms with Crippen molar-refractivity contribution in [1.29, 1.82) is 0 Å². The molecule has 0 N–H and O–H groups in total. The fraction of sp³-hybridized carbons (Fsp3) is 0.125. The van der Waals surface area contributed by atoms with E-state index in [0.29, 0.717) is 0 Å². The van der Waals surface area contributed by atoms with Gasteiger partial charge in [0.2, 0.25) is 0 Å². The van der Waals surface area contributed by atoms with Crippen LogP contribution in [0, 0.1) is 6.92 Å². The Morgan fingerprint density at radius 3 is 3.09 bits per heavy atom. The van der Waals surface area contributed by atoms with Crippen LogP contribution in [-0.2, 0) is 0 Å². The van der Waals surface area contributed by atoms with E-state index in [4.69, 9.17) is 4.42 Å². The Balaban J connectivity index is 2.90. The minimum atomic E-state index is 0.767. The highest BCUT2D eigenvalue weighted by Gasteiger charge is 2.03. The number of halogens is 1. The molecule has 0 radical (unpaired) electrons. The molecular formula is C8H6BrNO. The maximum absolute atomic E-state index is 5.39. The zero-order valence-electron chi connectivity index (χ0n) is 5.97. The minimum absolute atomic E-state index is 0.767. The summed E-state index contributed by atoms with van der Waals surface area (Å²) in [4.78, 5) is 4.04. The molecular weight excluding hydrogens is 206 g/mol. The third kappa shape index (κ3) is 1.05. The van der Waals surface area contributed by atoms with Crippen LogP contribution < -0.4 is 0 Å². The van der Waals surface area contributed by atoms with Gasteiger partial charge in [-0.3, -0.25) is 0 Å². The predicted molar refractivity (Wildman–Crippen MR) is 46.4 cm³/mol. The molecule has 11 heavy (non-hydrogen) atoms. The molecule has 0 aliphatic carbocycles. The van der Waals surface area contributed by atoms with Crippen molar-refractivity contribution in [3.8, 4) is 0 Å². The lowest BCUT2D eigenvalue weighted by Crippen LogP contribution is -1.71. The van der Waals surface area contributed by atoms with E-state index in [1.54, 1.807) is 6.20 Å². The fourth-order valence-electron chi connectivity index (χ4n) is 1.06. The Labute approximate surface area is 72.4 Å². The second kappa shape index (κ2) is 2.34. The summed E-state index contributed by atoms with van der Waals surface area (Å²) in [6.07, 6.45) is 1.75. The maximum Gasteiger partial charge on any atom is 0.166 e. The van der Waals surface area contributed by atoms with E-state index in [1.807, 2.05) is 19.1 Å². The third-order valence-corrected chi connectivity index (χ3v) is 2.08. The number of hydrogen-bond acceptors (Lipinski definition) is 2. The fourth-order valence-corrected chi connectivity index (χ4v) is 1.49. The molecule has 0 fully saturated rings. The first-order valence-corrected chi connectivity index (χ1v) is 4.07. The highest BCUT2D eigenvalue weighted by molar-refractivity contribution is 9.10. The van der Waals surface area contributed by atoms with Gasteiger partial charge in [0, 0.05) is 11.6 Å². The standard InChI is InChI=1S/C8H6BrNO/c1-5-4-6-2-3-10-8(9)7(6)11-5/h2-4H,1H3. The molecule has 0 spiro atoms. The van der Waals surface area contributed by atoms with Crippen molar-refractivity contribution in [1.82, 2.24) is 4.98 Å². The molecule has 0 amide bonds. The summed E-state index contributed by atoms with van der Waals surface area (Å²) >= 11 is 3.31. The van der Waals surface area contributed by atoms with E-state index in [0.717, 1.165) is 21.3 Å². The molecule has 0 saturated carbocycles. The molecule has 2 aromatic heterocycles. The molecule has 2 aromatic rings. The molecule has 2 nitrogen and oxygen atoms in total. The van der Waals surface area contributed by atoms with Crippen LogP contribution in [0.4, 0.5) is 0 Å². The first-order valence-electron chi connectivity index (χ1n) is 3.28. The lowest BCUT2D eigenvalue weighted by Gasteiger charge is -1.88. The minimum Gasteiger partial charge on any atom is -0.459 e. The van der Waals surface area contributed by atoms with E-state index in [9.17, 15) is 0 Å². The summed E-state index contributed by atoms with van der Waals surface area (Å²) < 4.78 is 6.16. The number of rotatable bonds is 0.